The molecule has 55 heavy (non-hydrogen) atoms. The van der Waals surface area contributed by atoms with Crippen LogP contribution in [0.15, 0.2) is 134 Å². The molecule has 3 saturated heterocycles. The monoisotopic (exact) mass is 752 g/mol. The second kappa shape index (κ2) is 19.4. The van der Waals surface area contributed by atoms with Crippen molar-refractivity contribution in [3.8, 4) is 0 Å². The molecule has 0 N–H and O–H groups in total. The van der Waals surface area contributed by atoms with Crippen LogP contribution < -0.4 is 0 Å². The number of benzene rings is 4. The fourth-order valence-corrected chi connectivity index (χ4v) is 7.14. The van der Waals surface area contributed by atoms with E-state index in [1.807, 2.05) is 135 Å². The van der Waals surface area contributed by atoms with Gasteiger partial charge in [0, 0.05) is 0 Å². The Labute approximate surface area is 324 Å². The van der Waals surface area contributed by atoms with Crippen LogP contribution >= 0.6 is 0 Å². The van der Waals surface area contributed by atoms with Gasteiger partial charge in [0.1, 0.15) is 42.7 Å². The molecule has 292 valence electrons. The molecule has 0 amide bonds. The summed E-state index contributed by atoms with van der Waals surface area (Å²) >= 11 is 0. The first-order valence-corrected chi connectivity index (χ1v) is 19.0. The largest absolute Gasteiger partial charge is 0.374 e. The summed E-state index contributed by atoms with van der Waals surface area (Å²) in [6.45, 7) is 9.56. The third kappa shape index (κ3) is 10.8. The van der Waals surface area contributed by atoms with Crippen molar-refractivity contribution in [2.24, 2.45) is 0 Å². The van der Waals surface area contributed by atoms with Crippen molar-refractivity contribution in [2.75, 3.05) is 19.8 Å². The molecule has 0 aromatic heterocycles. The van der Waals surface area contributed by atoms with Gasteiger partial charge in [0.25, 0.3) is 0 Å². The van der Waals surface area contributed by atoms with Crippen LogP contribution in [-0.4, -0.2) is 80.9 Å². The van der Waals surface area contributed by atoms with Crippen LogP contribution in [0.1, 0.15) is 36.1 Å². The van der Waals surface area contributed by atoms with E-state index in [0.29, 0.717) is 33.0 Å². The molecule has 9 atom stereocenters. The second-order valence-corrected chi connectivity index (χ2v) is 14.4. The van der Waals surface area contributed by atoms with Crippen LogP contribution in [0.2, 0.25) is 0 Å². The Morgan fingerprint density at radius 1 is 0.509 bits per heavy atom. The van der Waals surface area contributed by atoms with Gasteiger partial charge in [-0.3, -0.25) is 0 Å². The van der Waals surface area contributed by atoms with Gasteiger partial charge >= 0.3 is 0 Å². The highest BCUT2D eigenvalue weighted by Gasteiger charge is 2.57. The van der Waals surface area contributed by atoms with Gasteiger partial charge in [0.15, 0.2) is 18.4 Å². The van der Waals surface area contributed by atoms with E-state index in [-0.39, 0.29) is 13.2 Å². The summed E-state index contributed by atoms with van der Waals surface area (Å²) in [7, 11) is 0. The maximum Gasteiger partial charge on any atom is 0.187 e. The van der Waals surface area contributed by atoms with Gasteiger partial charge < -0.3 is 47.4 Å². The van der Waals surface area contributed by atoms with Crippen LogP contribution in [-0.2, 0) is 73.8 Å². The van der Waals surface area contributed by atoms with Crippen molar-refractivity contribution in [1.82, 2.24) is 0 Å². The van der Waals surface area contributed by atoms with Crippen LogP contribution in [0.25, 0.3) is 0 Å². The van der Waals surface area contributed by atoms with Gasteiger partial charge in [-0.05, 0) is 36.1 Å². The number of hydrogen-bond acceptors (Lipinski definition) is 10. The predicted octanol–water partition coefficient (Wildman–Crippen LogP) is 7.15. The van der Waals surface area contributed by atoms with E-state index in [2.05, 4.69) is 6.58 Å². The first kappa shape index (κ1) is 39.5. The summed E-state index contributed by atoms with van der Waals surface area (Å²) in [4.78, 5) is 0. The SMILES string of the molecule is C=CCO[C@H]1O[C@H](CO[C@H]2O[C@H](COCc3ccccc3)[C@H](OCc3ccccc3)[C@H](OCc3ccccc3)[C@H]2OCc2ccccc2)[C@@H]2OC(C)(C)O[C@H]12. The van der Waals surface area contributed by atoms with E-state index in [1.54, 1.807) is 6.08 Å². The van der Waals surface area contributed by atoms with Crippen molar-refractivity contribution in [3.05, 3.63) is 156 Å². The van der Waals surface area contributed by atoms with Gasteiger partial charge in [0.05, 0.1) is 46.2 Å². The molecule has 10 nitrogen and oxygen atoms in total. The molecule has 10 heteroatoms. The number of fused-ring (bicyclic) bond motifs is 1. The normalized spacial score (nSPS) is 28.5. The first-order chi connectivity index (χ1) is 27.0. The molecule has 7 rings (SSSR count). The highest BCUT2D eigenvalue weighted by molar-refractivity contribution is 5.16. The third-order valence-electron chi connectivity index (χ3n) is 9.75. The smallest absolute Gasteiger partial charge is 0.187 e. The van der Waals surface area contributed by atoms with Crippen LogP contribution in [0, 0.1) is 0 Å². The minimum Gasteiger partial charge on any atom is -0.374 e. The lowest BCUT2D eigenvalue weighted by Gasteiger charge is -2.46. The lowest BCUT2D eigenvalue weighted by molar-refractivity contribution is -0.333. The van der Waals surface area contributed by atoms with Gasteiger partial charge in [-0.25, -0.2) is 0 Å². The number of hydrogen-bond donors (Lipinski definition) is 0. The topological polar surface area (TPSA) is 92.3 Å². The standard InChI is InChI=1S/C45H52O10/c1-4-25-47-44-42-39(54-45(2,3)55-42)37(53-44)31-51-43-41(50-29-35-23-15-8-16-24-35)40(49-28-34-21-13-7-14-22-34)38(48-27-33-19-11-6-12-20-33)36(52-43)30-46-26-32-17-9-5-10-18-32/h4-24,36-44H,1,25-31H2,2-3H3/t36-,37-,38+,39+,40+,41-,42+,43+,44+/m1/s1. The van der Waals surface area contributed by atoms with Crippen LogP contribution in [0.3, 0.4) is 0 Å². The second-order valence-electron chi connectivity index (χ2n) is 14.4. The summed E-state index contributed by atoms with van der Waals surface area (Å²) in [5, 5.41) is 0. The van der Waals surface area contributed by atoms with Crippen LogP contribution in [0.5, 0.6) is 0 Å². The van der Waals surface area contributed by atoms with Gasteiger partial charge in [-0.15, -0.1) is 6.58 Å². The molecule has 0 aliphatic carbocycles. The van der Waals surface area contributed by atoms with Crippen molar-refractivity contribution in [1.29, 1.82) is 0 Å². The van der Waals surface area contributed by atoms with Crippen molar-refractivity contribution >= 4 is 0 Å². The summed E-state index contributed by atoms with van der Waals surface area (Å²) in [5.41, 5.74) is 4.10. The lowest BCUT2D eigenvalue weighted by atomic mass is 9.97. The van der Waals surface area contributed by atoms with E-state index in [9.17, 15) is 0 Å². The quantitative estimate of drug-likeness (QED) is 0.0921. The summed E-state index contributed by atoms with van der Waals surface area (Å²) < 4.78 is 65.1. The van der Waals surface area contributed by atoms with Crippen molar-refractivity contribution in [3.63, 3.8) is 0 Å². The molecule has 3 fully saturated rings. The van der Waals surface area contributed by atoms with E-state index in [0.717, 1.165) is 22.3 Å². The molecular weight excluding hydrogens is 700 g/mol. The Kier molecular flexibility index (Phi) is 13.9. The molecule has 4 aromatic carbocycles. The average molecular weight is 753 g/mol. The molecule has 3 heterocycles. The minimum absolute atomic E-state index is 0.114. The molecule has 0 saturated carbocycles. The fourth-order valence-electron chi connectivity index (χ4n) is 7.14. The lowest BCUT2D eigenvalue weighted by Crippen LogP contribution is -2.62. The Bertz CT molecular complexity index is 1710. The maximum absolute atomic E-state index is 6.86. The Balaban J connectivity index is 1.17. The summed E-state index contributed by atoms with van der Waals surface area (Å²) in [6, 6.07) is 40.2. The van der Waals surface area contributed by atoms with Crippen LogP contribution in [0.4, 0.5) is 0 Å². The highest BCUT2D eigenvalue weighted by Crippen LogP contribution is 2.40. The minimum atomic E-state index is -0.892. The fraction of sp³-hybridized carbons (Fsp3) is 0.422. The maximum atomic E-state index is 6.86. The van der Waals surface area contributed by atoms with E-state index < -0.39 is 61.1 Å². The van der Waals surface area contributed by atoms with Gasteiger partial charge in [-0.1, -0.05) is 127 Å². The van der Waals surface area contributed by atoms with Gasteiger partial charge in [0.2, 0.25) is 0 Å². The number of ether oxygens (including phenoxy) is 10. The Morgan fingerprint density at radius 3 is 1.53 bits per heavy atom. The summed E-state index contributed by atoms with van der Waals surface area (Å²) in [5.74, 6) is -0.809. The van der Waals surface area contributed by atoms with E-state index in [1.165, 1.54) is 0 Å². The Hall–Kier alpha value is -3.78. The zero-order valence-corrected chi connectivity index (χ0v) is 31.6. The highest BCUT2D eigenvalue weighted by atomic mass is 16.8. The average Bonchev–Trinajstić information content (AvgIpc) is 3.71. The number of rotatable bonds is 19. The van der Waals surface area contributed by atoms with E-state index >= 15 is 0 Å². The molecule has 3 aliphatic heterocycles. The van der Waals surface area contributed by atoms with E-state index in [4.69, 9.17) is 47.4 Å². The summed E-state index contributed by atoms with van der Waals surface area (Å²) in [6.07, 6.45) is -3.73. The molecular formula is C45H52O10. The molecule has 0 bridgehead atoms. The third-order valence-corrected chi connectivity index (χ3v) is 9.75. The molecule has 0 radical (unpaired) electrons. The van der Waals surface area contributed by atoms with Crippen molar-refractivity contribution < 1.29 is 47.4 Å². The zero-order chi connectivity index (χ0) is 37.9. The first-order valence-electron chi connectivity index (χ1n) is 19.0. The zero-order valence-electron chi connectivity index (χ0n) is 31.6. The Morgan fingerprint density at radius 2 is 0.982 bits per heavy atom. The molecule has 0 unspecified atom stereocenters. The predicted molar refractivity (Wildman–Crippen MR) is 204 cm³/mol. The van der Waals surface area contributed by atoms with Gasteiger partial charge in [-0.2, -0.15) is 0 Å². The molecule has 3 aliphatic rings. The van der Waals surface area contributed by atoms with Crippen molar-refractivity contribution in [2.45, 2.75) is 101 Å². The molecule has 4 aromatic rings. The molecule has 0 spiro atoms.